The zero-order valence-corrected chi connectivity index (χ0v) is 24.5. The van der Waals surface area contributed by atoms with Gasteiger partial charge in [0.15, 0.2) is 5.71 Å². The summed E-state index contributed by atoms with van der Waals surface area (Å²) in [5, 5.41) is 16.6. The van der Waals surface area contributed by atoms with E-state index in [9.17, 15) is 25.9 Å². The molecular formula is C27H29N2O9S3+. The maximum absolute atomic E-state index is 12.1. The van der Waals surface area contributed by atoms with Crippen LogP contribution in [0.4, 0.5) is 11.4 Å². The Balaban J connectivity index is 1.82. The van der Waals surface area contributed by atoms with Crippen LogP contribution in [0.25, 0.3) is 10.8 Å². The van der Waals surface area contributed by atoms with Gasteiger partial charge in [-0.2, -0.15) is 21.4 Å². The maximum atomic E-state index is 12.1. The molecular weight excluding hydrogens is 593 g/mol. The maximum Gasteiger partial charge on any atom is 0.294 e. The number of allylic oxidation sites excluding steroid dienone is 3. The van der Waals surface area contributed by atoms with Gasteiger partial charge in [0.2, 0.25) is 5.69 Å². The van der Waals surface area contributed by atoms with Gasteiger partial charge in [0.1, 0.15) is 6.54 Å². The van der Waals surface area contributed by atoms with Crippen molar-refractivity contribution in [3.63, 3.8) is 0 Å². The standard InChI is InChI=1S/C27H28N2O9S3/c1-27(2)25(11-6-7-14-28-19-9-4-3-5-10-19)29(15-8-16-40(31,32)33)23-13-12-21-22(26(23)27)17-20(41(34,35)36)18-24(21)39-38-37-30/h3-7,9-14,17-18H,8,15-16H2,1-2H3,(H3,30,31,32,33,34,35,36)/p+1. The third-order valence-electron chi connectivity index (χ3n) is 6.62. The van der Waals surface area contributed by atoms with Crippen molar-refractivity contribution in [2.75, 3.05) is 17.6 Å². The van der Waals surface area contributed by atoms with Crippen LogP contribution in [0.5, 0.6) is 0 Å². The van der Waals surface area contributed by atoms with Crippen LogP contribution in [0.1, 0.15) is 25.8 Å². The first-order valence-corrected chi connectivity index (χ1v) is 16.1. The fourth-order valence-corrected chi connectivity index (χ4v) is 6.58. The van der Waals surface area contributed by atoms with Gasteiger partial charge in [0.05, 0.1) is 28.1 Å². The summed E-state index contributed by atoms with van der Waals surface area (Å²) in [4.78, 5) is -0.116. The third kappa shape index (κ3) is 7.23. The van der Waals surface area contributed by atoms with Crippen LogP contribution in [0.2, 0.25) is 0 Å². The molecule has 3 aromatic rings. The summed E-state index contributed by atoms with van der Waals surface area (Å²) in [7, 11) is -8.79. The van der Waals surface area contributed by atoms with Gasteiger partial charge < -0.3 is 5.32 Å². The summed E-state index contributed by atoms with van der Waals surface area (Å²) >= 11 is 0.569. The molecule has 41 heavy (non-hydrogen) atoms. The number of nitrogens with zero attached hydrogens (tertiary/aromatic N) is 1. The number of para-hydroxylation sites is 1. The Kier molecular flexibility index (Phi) is 9.35. The molecule has 0 unspecified atom stereocenters. The molecule has 0 aromatic heterocycles. The van der Waals surface area contributed by atoms with Crippen LogP contribution in [0, 0.1) is 0 Å². The molecule has 0 amide bonds. The summed E-state index contributed by atoms with van der Waals surface area (Å²) in [5.41, 5.74) is 2.41. The van der Waals surface area contributed by atoms with E-state index in [4.69, 9.17) is 5.26 Å². The van der Waals surface area contributed by atoms with Crippen molar-refractivity contribution in [1.82, 2.24) is 0 Å². The predicted octanol–water partition coefficient (Wildman–Crippen LogP) is 5.35. The largest absolute Gasteiger partial charge is 0.362 e. The van der Waals surface area contributed by atoms with Gasteiger partial charge in [-0.05, 0) is 61.0 Å². The fourth-order valence-electron chi connectivity index (χ4n) is 4.94. The summed E-state index contributed by atoms with van der Waals surface area (Å²) < 4.78 is 72.8. The molecule has 0 bridgehead atoms. The van der Waals surface area contributed by atoms with Crippen LogP contribution in [-0.2, 0) is 35.0 Å². The molecule has 0 atom stereocenters. The van der Waals surface area contributed by atoms with Crippen LogP contribution in [0.3, 0.4) is 0 Å². The van der Waals surface area contributed by atoms with Crippen LogP contribution >= 0.6 is 12.0 Å². The zero-order chi connectivity index (χ0) is 29.8. The molecule has 4 N–H and O–H groups in total. The predicted molar refractivity (Wildman–Crippen MR) is 157 cm³/mol. The highest BCUT2D eigenvalue weighted by molar-refractivity contribution is 7.94. The van der Waals surface area contributed by atoms with E-state index >= 15 is 0 Å². The van der Waals surface area contributed by atoms with E-state index < -0.39 is 31.4 Å². The van der Waals surface area contributed by atoms with Crippen molar-refractivity contribution in [3.8, 4) is 0 Å². The third-order valence-corrected chi connectivity index (χ3v) is 8.90. The summed E-state index contributed by atoms with van der Waals surface area (Å²) in [5.74, 6) is -0.434. The Morgan fingerprint density at radius 2 is 1.73 bits per heavy atom. The topological polar surface area (TPSA) is 162 Å². The van der Waals surface area contributed by atoms with Gasteiger partial charge >= 0.3 is 0 Å². The smallest absolute Gasteiger partial charge is 0.294 e. The van der Waals surface area contributed by atoms with Crippen molar-refractivity contribution >= 4 is 60.1 Å². The minimum atomic E-state index is -4.61. The lowest BCUT2D eigenvalue weighted by Gasteiger charge is -2.19. The highest BCUT2D eigenvalue weighted by Crippen LogP contribution is 2.46. The van der Waals surface area contributed by atoms with E-state index in [0.717, 1.165) is 17.0 Å². The minimum Gasteiger partial charge on any atom is -0.362 e. The van der Waals surface area contributed by atoms with E-state index in [-0.39, 0.29) is 22.8 Å². The first kappa shape index (κ1) is 30.9. The van der Waals surface area contributed by atoms with Crippen molar-refractivity contribution in [3.05, 3.63) is 84.6 Å². The second kappa shape index (κ2) is 12.4. The Hall–Kier alpha value is -3.08. The van der Waals surface area contributed by atoms with E-state index in [1.54, 1.807) is 12.3 Å². The number of anilines is 1. The van der Waals surface area contributed by atoms with Crippen molar-refractivity contribution in [2.45, 2.75) is 35.5 Å². The fraction of sp³-hybridized carbons (Fsp3) is 0.222. The molecule has 0 spiro atoms. The lowest BCUT2D eigenvalue weighted by Crippen LogP contribution is -2.28. The van der Waals surface area contributed by atoms with E-state index in [1.165, 1.54) is 12.1 Å². The lowest BCUT2D eigenvalue weighted by molar-refractivity contribution is -0.437. The Bertz CT molecular complexity index is 1750. The Morgan fingerprint density at radius 1 is 1.00 bits per heavy atom. The molecule has 1 aliphatic heterocycles. The normalized spacial score (nSPS) is 15.3. The van der Waals surface area contributed by atoms with Gasteiger partial charge in [-0.15, -0.1) is 4.33 Å². The van der Waals surface area contributed by atoms with Gasteiger partial charge in [0, 0.05) is 40.9 Å². The van der Waals surface area contributed by atoms with Crippen molar-refractivity contribution < 1.29 is 45.1 Å². The summed E-state index contributed by atoms with van der Waals surface area (Å²) in [6.07, 6.45) is 7.42. The first-order chi connectivity index (χ1) is 19.3. The number of rotatable bonds is 12. The van der Waals surface area contributed by atoms with Gasteiger partial charge in [-0.1, -0.05) is 29.3 Å². The van der Waals surface area contributed by atoms with Gasteiger partial charge in [0.25, 0.3) is 20.2 Å². The molecule has 11 nitrogen and oxygen atoms in total. The van der Waals surface area contributed by atoms with Crippen molar-refractivity contribution in [2.24, 2.45) is 0 Å². The molecule has 3 aromatic carbocycles. The second-order valence-corrected chi connectivity index (χ2v) is 13.4. The van der Waals surface area contributed by atoms with Crippen LogP contribution < -0.4 is 5.32 Å². The Labute approximate surface area is 242 Å². The molecule has 0 aliphatic carbocycles. The molecule has 218 valence electrons. The molecule has 0 saturated carbocycles. The molecule has 4 rings (SSSR count). The highest BCUT2D eigenvalue weighted by atomic mass is 32.2. The lowest BCUT2D eigenvalue weighted by atomic mass is 9.79. The highest BCUT2D eigenvalue weighted by Gasteiger charge is 2.45. The zero-order valence-electron chi connectivity index (χ0n) is 22.1. The van der Waals surface area contributed by atoms with Crippen molar-refractivity contribution in [1.29, 1.82) is 0 Å². The van der Waals surface area contributed by atoms with Crippen LogP contribution in [-0.4, -0.2) is 53.8 Å². The SMILES string of the molecule is CC1(C)C(/C=C/C=C/Nc2ccccc2)=[N+](CCCS(=O)(=O)O)c2ccc3c(SOOO)cc(S(=O)(=O)O)cc3c21. The molecule has 0 fully saturated rings. The number of hydrogen-bond acceptors (Lipinski definition) is 9. The molecule has 14 heteroatoms. The quantitative estimate of drug-likeness (QED) is 0.0515. The van der Waals surface area contributed by atoms with E-state index in [2.05, 4.69) is 14.7 Å². The van der Waals surface area contributed by atoms with Gasteiger partial charge in [-0.3, -0.25) is 9.11 Å². The van der Waals surface area contributed by atoms with Gasteiger partial charge in [-0.25, -0.2) is 5.26 Å². The summed E-state index contributed by atoms with van der Waals surface area (Å²) in [6, 6.07) is 15.7. The van der Waals surface area contributed by atoms with E-state index in [1.807, 2.05) is 73.0 Å². The number of hydrogen-bond donors (Lipinski definition) is 4. The molecule has 0 radical (unpaired) electrons. The molecule has 1 aliphatic rings. The monoisotopic (exact) mass is 621 g/mol. The van der Waals surface area contributed by atoms with E-state index in [0.29, 0.717) is 28.5 Å². The average Bonchev–Trinajstić information content (AvgIpc) is 3.12. The van der Waals surface area contributed by atoms with Crippen LogP contribution in [0.15, 0.2) is 88.8 Å². The second-order valence-electron chi connectivity index (χ2n) is 9.71. The number of fused-ring (bicyclic) bond motifs is 3. The number of nitrogens with one attached hydrogen (secondary N) is 1. The Morgan fingerprint density at radius 3 is 2.39 bits per heavy atom. The molecule has 0 saturated heterocycles. The average molecular weight is 622 g/mol. The minimum absolute atomic E-state index is 0.128. The first-order valence-electron chi connectivity index (χ1n) is 12.3. The molecule has 1 heterocycles. The number of benzene rings is 3. The summed E-state index contributed by atoms with van der Waals surface area (Å²) in [6.45, 7) is 4.13.